The summed E-state index contributed by atoms with van der Waals surface area (Å²) in [7, 11) is 1.72. The number of hydrogen-bond acceptors (Lipinski definition) is 2. The van der Waals surface area contributed by atoms with Crippen LogP contribution in [0.1, 0.15) is 20.3 Å². The monoisotopic (exact) mass is 275 g/mol. The van der Waals surface area contributed by atoms with Crippen molar-refractivity contribution in [3.8, 4) is 0 Å². The highest BCUT2D eigenvalue weighted by Crippen LogP contribution is 2.16. The van der Waals surface area contributed by atoms with Crippen molar-refractivity contribution in [2.24, 2.45) is 0 Å². The van der Waals surface area contributed by atoms with E-state index in [1.807, 2.05) is 44.2 Å². The van der Waals surface area contributed by atoms with Gasteiger partial charge in [-0.3, -0.25) is 9.69 Å². The van der Waals surface area contributed by atoms with E-state index in [0.29, 0.717) is 13.0 Å². The van der Waals surface area contributed by atoms with E-state index in [0.717, 1.165) is 5.69 Å². The lowest BCUT2D eigenvalue weighted by atomic mass is 10.2. The van der Waals surface area contributed by atoms with E-state index in [1.165, 1.54) is 0 Å². The lowest BCUT2D eigenvalue weighted by molar-refractivity contribution is -0.129. The van der Waals surface area contributed by atoms with Crippen LogP contribution in [0, 0.1) is 0 Å². The Morgan fingerprint density at radius 2 is 2.00 bits per heavy atom. The minimum Gasteiger partial charge on any atom is -0.338 e. The van der Waals surface area contributed by atoms with Crippen LogP contribution in [0.25, 0.3) is 0 Å². The van der Waals surface area contributed by atoms with Crippen LogP contribution < -0.4 is 10.2 Å². The van der Waals surface area contributed by atoms with Gasteiger partial charge in [-0.2, -0.15) is 0 Å². The van der Waals surface area contributed by atoms with Gasteiger partial charge in [0.15, 0.2) is 0 Å². The summed E-state index contributed by atoms with van der Waals surface area (Å²) in [6, 6.07) is 9.32. The molecule has 5 heteroatoms. The summed E-state index contributed by atoms with van der Waals surface area (Å²) in [5.41, 5.74) is 0.829. The topological polar surface area (TPSA) is 52.7 Å². The van der Waals surface area contributed by atoms with Gasteiger partial charge in [-0.15, -0.1) is 0 Å². The van der Waals surface area contributed by atoms with Gasteiger partial charge < -0.3 is 10.2 Å². The molecule has 20 heavy (non-hydrogen) atoms. The van der Waals surface area contributed by atoms with E-state index in [2.05, 4.69) is 5.32 Å². The van der Waals surface area contributed by atoms with E-state index in [4.69, 9.17) is 0 Å². The van der Waals surface area contributed by atoms with Gasteiger partial charge in [-0.25, -0.2) is 4.79 Å². The highest BCUT2D eigenvalue weighted by atomic mass is 16.2. The van der Waals surface area contributed by atoms with Crippen molar-refractivity contribution in [2.45, 2.75) is 32.4 Å². The molecule has 108 valence electrons. The first-order valence-electron chi connectivity index (χ1n) is 6.87. The van der Waals surface area contributed by atoms with Gasteiger partial charge in [0.05, 0.1) is 6.04 Å². The number of carbonyl (C=O) groups excluding carboxylic acids is 2. The predicted octanol–water partition coefficient (Wildman–Crippen LogP) is 1.84. The third-order valence-electron chi connectivity index (χ3n) is 3.56. The lowest BCUT2D eigenvalue weighted by Gasteiger charge is -2.23. The highest BCUT2D eigenvalue weighted by Gasteiger charge is 2.32. The van der Waals surface area contributed by atoms with Crippen LogP contribution in [-0.2, 0) is 4.79 Å². The number of likely N-dealkylation sites (tertiary alicyclic amines) is 1. The van der Waals surface area contributed by atoms with Crippen LogP contribution in [0.5, 0.6) is 0 Å². The third-order valence-corrected chi connectivity index (χ3v) is 3.56. The number of carbonyl (C=O) groups is 2. The minimum atomic E-state index is -0.181. The van der Waals surface area contributed by atoms with Gasteiger partial charge in [0.2, 0.25) is 5.91 Å². The van der Waals surface area contributed by atoms with Gasteiger partial charge in [0, 0.05) is 31.7 Å². The predicted molar refractivity (Wildman–Crippen MR) is 78.6 cm³/mol. The molecule has 1 saturated heterocycles. The molecule has 1 unspecified atom stereocenters. The number of nitrogens with one attached hydrogen (secondary N) is 1. The molecule has 1 aliphatic rings. The molecule has 1 aliphatic heterocycles. The number of benzene rings is 1. The number of amides is 3. The van der Waals surface area contributed by atoms with E-state index in [1.54, 1.807) is 16.8 Å². The van der Waals surface area contributed by atoms with Gasteiger partial charge >= 0.3 is 6.03 Å². The molecule has 0 radical (unpaired) electrons. The SMILES string of the molecule is CC(C)N1CC(NC(=O)N(C)c2ccccc2)CC1=O. The number of anilines is 1. The fourth-order valence-corrected chi connectivity index (χ4v) is 2.37. The number of urea groups is 1. The Morgan fingerprint density at radius 3 is 2.55 bits per heavy atom. The zero-order valence-corrected chi connectivity index (χ0v) is 12.2. The highest BCUT2D eigenvalue weighted by molar-refractivity contribution is 5.92. The van der Waals surface area contributed by atoms with E-state index < -0.39 is 0 Å². The van der Waals surface area contributed by atoms with Crippen molar-refractivity contribution in [2.75, 3.05) is 18.5 Å². The van der Waals surface area contributed by atoms with Crippen molar-refractivity contribution >= 4 is 17.6 Å². The summed E-state index contributed by atoms with van der Waals surface area (Å²) >= 11 is 0. The summed E-state index contributed by atoms with van der Waals surface area (Å²) in [4.78, 5) is 27.3. The molecule has 0 bridgehead atoms. The van der Waals surface area contributed by atoms with Gasteiger partial charge in [-0.05, 0) is 26.0 Å². The second-order valence-corrected chi connectivity index (χ2v) is 5.38. The molecule has 0 aliphatic carbocycles. The molecule has 1 aromatic carbocycles. The standard InChI is InChI=1S/C15H21N3O2/c1-11(2)18-10-12(9-14(18)19)16-15(20)17(3)13-7-5-4-6-8-13/h4-8,11-12H,9-10H2,1-3H3,(H,16,20). The largest absolute Gasteiger partial charge is 0.338 e. The average molecular weight is 275 g/mol. The first-order chi connectivity index (χ1) is 9.49. The van der Waals surface area contributed by atoms with Gasteiger partial charge in [0.1, 0.15) is 0 Å². The smallest absolute Gasteiger partial charge is 0.321 e. The molecular formula is C15H21N3O2. The molecule has 1 atom stereocenters. The second kappa shape index (κ2) is 5.94. The van der Waals surface area contributed by atoms with Crippen LogP contribution in [0.15, 0.2) is 30.3 Å². The summed E-state index contributed by atoms with van der Waals surface area (Å²) < 4.78 is 0. The second-order valence-electron chi connectivity index (χ2n) is 5.38. The van der Waals surface area contributed by atoms with Gasteiger partial charge in [-0.1, -0.05) is 18.2 Å². The van der Waals surface area contributed by atoms with Crippen LogP contribution >= 0.6 is 0 Å². The van der Waals surface area contributed by atoms with Crippen LogP contribution in [0.2, 0.25) is 0 Å². The first-order valence-corrected chi connectivity index (χ1v) is 6.87. The Hall–Kier alpha value is -2.04. The first kappa shape index (κ1) is 14.4. The lowest BCUT2D eigenvalue weighted by Crippen LogP contribution is -2.44. The molecular weight excluding hydrogens is 254 g/mol. The molecule has 1 N–H and O–H groups in total. The minimum absolute atomic E-state index is 0.104. The average Bonchev–Trinajstić information content (AvgIpc) is 2.79. The molecule has 0 spiro atoms. The fourth-order valence-electron chi connectivity index (χ4n) is 2.37. The van der Waals surface area contributed by atoms with Crippen LogP contribution in [0.4, 0.5) is 10.5 Å². The van der Waals surface area contributed by atoms with E-state index in [-0.39, 0.29) is 24.0 Å². The van der Waals surface area contributed by atoms with Crippen LogP contribution in [-0.4, -0.2) is 42.5 Å². The Kier molecular flexibility index (Phi) is 4.27. The molecule has 5 nitrogen and oxygen atoms in total. The number of para-hydroxylation sites is 1. The molecule has 0 saturated carbocycles. The molecule has 0 aromatic heterocycles. The molecule has 1 fully saturated rings. The number of rotatable bonds is 3. The molecule has 1 aromatic rings. The molecule has 2 rings (SSSR count). The Balaban J connectivity index is 1.94. The number of hydrogen-bond donors (Lipinski definition) is 1. The summed E-state index contributed by atoms with van der Waals surface area (Å²) in [5, 5.41) is 2.92. The summed E-state index contributed by atoms with van der Waals surface area (Å²) in [6.07, 6.45) is 0.381. The Bertz CT molecular complexity index is 487. The normalized spacial score (nSPS) is 18.5. The Morgan fingerprint density at radius 1 is 1.35 bits per heavy atom. The quantitative estimate of drug-likeness (QED) is 0.915. The maximum atomic E-state index is 12.2. The maximum Gasteiger partial charge on any atom is 0.321 e. The van der Waals surface area contributed by atoms with Crippen molar-refractivity contribution in [3.05, 3.63) is 30.3 Å². The van der Waals surface area contributed by atoms with Crippen LogP contribution in [0.3, 0.4) is 0 Å². The van der Waals surface area contributed by atoms with Gasteiger partial charge in [0.25, 0.3) is 0 Å². The summed E-state index contributed by atoms with van der Waals surface area (Å²) in [5.74, 6) is 0.104. The van der Waals surface area contributed by atoms with E-state index in [9.17, 15) is 9.59 Å². The number of nitrogens with zero attached hydrogens (tertiary/aromatic N) is 2. The zero-order valence-electron chi connectivity index (χ0n) is 12.2. The fraction of sp³-hybridized carbons (Fsp3) is 0.467. The van der Waals surface area contributed by atoms with Crippen molar-refractivity contribution < 1.29 is 9.59 Å². The zero-order chi connectivity index (χ0) is 14.7. The van der Waals surface area contributed by atoms with Crippen molar-refractivity contribution in [1.29, 1.82) is 0 Å². The molecule has 3 amide bonds. The van der Waals surface area contributed by atoms with E-state index >= 15 is 0 Å². The Labute approximate surface area is 119 Å². The van der Waals surface area contributed by atoms with Crippen molar-refractivity contribution in [3.63, 3.8) is 0 Å². The molecule has 1 heterocycles. The third kappa shape index (κ3) is 3.10. The summed E-state index contributed by atoms with van der Waals surface area (Å²) in [6.45, 7) is 4.56. The maximum absolute atomic E-state index is 12.2. The van der Waals surface area contributed by atoms with Crippen molar-refractivity contribution in [1.82, 2.24) is 10.2 Å².